The predicted octanol–water partition coefficient (Wildman–Crippen LogP) is 3.73. The van der Waals surface area contributed by atoms with Gasteiger partial charge in [-0.1, -0.05) is 12.1 Å². The summed E-state index contributed by atoms with van der Waals surface area (Å²) in [5, 5.41) is 0.894. The van der Waals surface area contributed by atoms with Gasteiger partial charge >= 0.3 is 0 Å². The molecule has 0 aliphatic carbocycles. The van der Waals surface area contributed by atoms with Crippen molar-refractivity contribution < 1.29 is 13.6 Å². The van der Waals surface area contributed by atoms with Crippen LogP contribution in [-0.4, -0.2) is 10.4 Å². The highest BCUT2D eigenvalue weighted by Crippen LogP contribution is 2.17. The van der Waals surface area contributed by atoms with Crippen LogP contribution in [0.3, 0.4) is 0 Å². The molecule has 0 aliphatic rings. The second kappa shape index (κ2) is 5.48. The zero-order valence-electron chi connectivity index (χ0n) is 11.2. The monoisotopic (exact) mass is 285 g/mol. The number of hydrogen-bond donors (Lipinski definition) is 0. The van der Waals surface area contributed by atoms with Crippen LogP contribution in [0.4, 0.5) is 8.78 Å². The van der Waals surface area contributed by atoms with Crippen molar-refractivity contribution in [2.75, 3.05) is 0 Å². The fraction of sp³-hybridized carbons (Fsp3) is 0.118. The first-order valence-electron chi connectivity index (χ1n) is 6.62. The molecule has 0 fully saturated rings. The largest absolute Gasteiger partial charge is 0.340 e. The van der Waals surface area contributed by atoms with E-state index in [4.69, 9.17) is 0 Å². The van der Waals surface area contributed by atoms with Gasteiger partial charge in [0, 0.05) is 12.6 Å². The summed E-state index contributed by atoms with van der Waals surface area (Å²) in [5.74, 6) is -0.658. The van der Waals surface area contributed by atoms with E-state index in [0.717, 1.165) is 10.9 Å². The van der Waals surface area contributed by atoms with Crippen LogP contribution in [0.1, 0.15) is 5.56 Å². The summed E-state index contributed by atoms with van der Waals surface area (Å²) in [5.41, 5.74) is 1.46. The molecule has 0 amide bonds. The van der Waals surface area contributed by atoms with Crippen LogP contribution < -0.4 is 0 Å². The Kier molecular flexibility index (Phi) is 3.52. The number of halogens is 2. The van der Waals surface area contributed by atoms with Crippen LogP contribution >= 0.6 is 0 Å². The number of ketones is 1. The lowest BCUT2D eigenvalue weighted by Crippen LogP contribution is -2.11. The number of carbonyl (C=O) groups excluding carboxylic acids is 1. The summed E-state index contributed by atoms with van der Waals surface area (Å²) in [6.07, 6.45) is 2.00. The number of hydrogen-bond acceptors (Lipinski definition) is 1. The summed E-state index contributed by atoms with van der Waals surface area (Å²) in [6.45, 7) is 0.171. The second-order valence-corrected chi connectivity index (χ2v) is 4.99. The lowest BCUT2D eigenvalue weighted by atomic mass is 10.1. The third-order valence-corrected chi connectivity index (χ3v) is 3.40. The van der Waals surface area contributed by atoms with Crippen LogP contribution in [0.15, 0.2) is 54.7 Å². The van der Waals surface area contributed by atoms with Gasteiger partial charge in [-0.2, -0.15) is 0 Å². The molecule has 0 aliphatic heterocycles. The standard InChI is InChI=1S/C17H13F2NO/c18-14-4-1-12(2-5-14)9-16(21)11-20-8-7-13-3-6-15(19)10-17(13)20/h1-8,10H,9,11H2. The molecular formula is C17H13F2NO. The molecule has 106 valence electrons. The molecule has 0 radical (unpaired) electrons. The van der Waals surface area contributed by atoms with Crippen molar-refractivity contribution in [3.63, 3.8) is 0 Å². The second-order valence-electron chi connectivity index (χ2n) is 4.99. The number of carbonyl (C=O) groups is 1. The van der Waals surface area contributed by atoms with Gasteiger partial charge in [0.2, 0.25) is 0 Å². The van der Waals surface area contributed by atoms with Gasteiger partial charge in [0.1, 0.15) is 11.6 Å². The Bertz CT molecular complexity index is 790. The minimum atomic E-state index is -0.326. The van der Waals surface area contributed by atoms with Gasteiger partial charge < -0.3 is 4.57 Å². The average Bonchev–Trinajstić information content (AvgIpc) is 2.84. The van der Waals surface area contributed by atoms with E-state index in [1.165, 1.54) is 24.3 Å². The summed E-state index contributed by atoms with van der Waals surface area (Å²) in [6, 6.07) is 12.2. The predicted molar refractivity (Wildman–Crippen MR) is 77.0 cm³/mol. The summed E-state index contributed by atoms with van der Waals surface area (Å²) in [7, 11) is 0. The van der Waals surface area contributed by atoms with Gasteiger partial charge in [0.05, 0.1) is 12.1 Å². The van der Waals surface area contributed by atoms with Crippen LogP contribution in [0, 0.1) is 11.6 Å². The first-order chi connectivity index (χ1) is 10.1. The third-order valence-electron chi connectivity index (χ3n) is 3.40. The lowest BCUT2D eigenvalue weighted by molar-refractivity contribution is -0.118. The average molecular weight is 285 g/mol. The number of nitrogens with zero attached hydrogens (tertiary/aromatic N) is 1. The smallest absolute Gasteiger partial charge is 0.156 e. The molecule has 3 aromatic rings. The molecule has 0 N–H and O–H groups in total. The SMILES string of the molecule is O=C(Cc1ccc(F)cc1)Cn1ccc2ccc(F)cc21. The van der Waals surface area contributed by atoms with Gasteiger partial charge in [-0.25, -0.2) is 8.78 Å². The highest BCUT2D eigenvalue weighted by Gasteiger charge is 2.08. The molecule has 2 nitrogen and oxygen atoms in total. The van der Waals surface area contributed by atoms with E-state index in [1.54, 1.807) is 29.0 Å². The zero-order valence-corrected chi connectivity index (χ0v) is 11.2. The van der Waals surface area contributed by atoms with E-state index in [-0.39, 0.29) is 30.4 Å². The van der Waals surface area contributed by atoms with Gasteiger partial charge in [0.25, 0.3) is 0 Å². The molecule has 0 saturated heterocycles. The molecule has 0 bridgehead atoms. The summed E-state index contributed by atoms with van der Waals surface area (Å²) >= 11 is 0. The van der Waals surface area contributed by atoms with Gasteiger partial charge in [-0.15, -0.1) is 0 Å². The van der Waals surface area contributed by atoms with E-state index in [2.05, 4.69) is 0 Å². The molecular weight excluding hydrogens is 272 g/mol. The fourth-order valence-corrected chi connectivity index (χ4v) is 2.37. The van der Waals surface area contributed by atoms with Gasteiger partial charge in [-0.05, 0) is 47.3 Å². The van der Waals surface area contributed by atoms with Crippen LogP contribution in [-0.2, 0) is 17.8 Å². The van der Waals surface area contributed by atoms with E-state index in [0.29, 0.717) is 5.52 Å². The number of Topliss-reactive ketones (excluding diaryl/α,β-unsaturated/α-hetero) is 1. The van der Waals surface area contributed by atoms with E-state index < -0.39 is 0 Å². The maximum absolute atomic E-state index is 13.3. The molecule has 3 rings (SSSR count). The summed E-state index contributed by atoms with van der Waals surface area (Å²) in [4.78, 5) is 12.1. The third kappa shape index (κ3) is 2.99. The molecule has 4 heteroatoms. The van der Waals surface area contributed by atoms with Crippen molar-refractivity contribution >= 4 is 16.7 Å². The topological polar surface area (TPSA) is 22.0 Å². The molecule has 1 aromatic heterocycles. The first kappa shape index (κ1) is 13.5. The highest BCUT2D eigenvalue weighted by molar-refractivity contribution is 5.85. The Labute approximate surface area is 120 Å². The van der Waals surface area contributed by atoms with Crippen LogP contribution in [0.5, 0.6) is 0 Å². The number of rotatable bonds is 4. The maximum Gasteiger partial charge on any atom is 0.156 e. The fourth-order valence-electron chi connectivity index (χ4n) is 2.37. The minimum Gasteiger partial charge on any atom is -0.340 e. The maximum atomic E-state index is 13.3. The highest BCUT2D eigenvalue weighted by atomic mass is 19.1. The van der Waals surface area contributed by atoms with Crippen LogP contribution in [0.2, 0.25) is 0 Å². The van der Waals surface area contributed by atoms with Crippen molar-refractivity contribution in [1.29, 1.82) is 0 Å². The zero-order chi connectivity index (χ0) is 14.8. The van der Waals surface area contributed by atoms with E-state index >= 15 is 0 Å². The van der Waals surface area contributed by atoms with Crippen molar-refractivity contribution in [3.8, 4) is 0 Å². The number of benzene rings is 2. The van der Waals surface area contributed by atoms with Crippen molar-refractivity contribution in [2.24, 2.45) is 0 Å². The van der Waals surface area contributed by atoms with E-state index in [9.17, 15) is 13.6 Å². The Morgan fingerprint density at radius 1 is 0.952 bits per heavy atom. The van der Waals surface area contributed by atoms with Gasteiger partial charge in [-0.3, -0.25) is 4.79 Å². The molecule has 0 saturated carbocycles. The minimum absolute atomic E-state index is 0.0108. The van der Waals surface area contributed by atoms with Crippen molar-refractivity contribution in [1.82, 2.24) is 4.57 Å². The Balaban J connectivity index is 1.77. The lowest BCUT2D eigenvalue weighted by Gasteiger charge is -2.05. The van der Waals surface area contributed by atoms with Crippen molar-refractivity contribution in [3.05, 3.63) is 71.9 Å². The van der Waals surface area contributed by atoms with Gasteiger partial charge in [0.15, 0.2) is 5.78 Å². The van der Waals surface area contributed by atoms with Crippen molar-refractivity contribution in [2.45, 2.75) is 13.0 Å². The molecule has 0 unspecified atom stereocenters. The Morgan fingerprint density at radius 3 is 2.43 bits per heavy atom. The molecule has 0 atom stereocenters. The Morgan fingerprint density at radius 2 is 1.67 bits per heavy atom. The molecule has 2 aromatic carbocycles. The first-order valence-corrected chi connectivity index (χ1v) is 6.62. The van der Waals surface area contributed by atoms with Crippen LogP contribution in [0.25, 0.3) is 10.9 Å². The molecule has 1 heterocycles. The van der Waals surface area contributed by atoms with E-state index in [1.807, 2.05) is 6.07 Å². The molecule has 21 heavy (non-hydrogen) atoms. The number of fused-ring (bicyclic) bond motifs is 1. The molecule has 0 spiro atoms. The number of aromatic nitrogens is 1. The Hall–Kier alpha value is -2.49. The summed E-state index contributed by atoms with van der Waals surface area (Å²) < 4.78 is 27.8. The quantitative estimate of drug-likeness (QED) is 0.716. The normalized spacial score (nSPS) is 11.0.